The third kappa shape index (κ3) is 4.42. The standard InChI is InChI=1S/C15H15BrFNOS/c1-10-5-7-12(17)13(9-10)18-15(19)4-2-3-11-6-8-14(16)20-11/h5-9H,2-4H2,1H3,(H,18,19). The lowest BCUT2D eigenvalue weighted by Gasteiger charge is -2.07. The molecule has 0 atom stereocenters. The van der Waals surface area contributed by atoms with E-state index >= 15 is 0 Å². The molecule has 1 heterocycles. The molecule has 1 aromatic heterocycles. The second kappa shape index (κ2) is 6.99. The fourth-order valence-electron chi connectivity index (χ4n) is 1.86. The monoisotopic (exact) mass is 355 g/mol. The Bertz CT molecular complexity index is 612. The van der Waals surface area contributed by atoms with Gasteiger partial charge in [0.1, 0.15) is 5.82 Å². The molecule has 0 radical (unpaired) electrons. The van der Waals surface area contributed by atoms with Gasteiger partial charge >= 0.3 is 0 Å². The normalized spacial score (nSPS) is 10.6. The van der Waals surface area contributed by atoms with Crippen molar-refractivity contribution in [2.24, 2.45) is 0 Å². The topological polar surface area (TPSA) is 29.1 Å². The minimum absolute atomic E-state index is 0.148. The van der Waals surface area contributed by atoms with Crippen LogP contribution in [-0.4, -0.2) is 5.91 Å². The molecular weight excluding hydrogens is 341 g/mol. The third-order valence-electron chi connectivity index (χ3n) is 2.85. The highest BCUT2D eigenvalue weighted by atomic mass is 79.9. The van der Waals surface area contributed by atoms with Crippen molar-refractivity contribution < 1.29 is 9.18 Å². The summed E-state index contributed by atoms with van der Waals surface area (Å²) in [7, 11) is 0. The Hall–Kier alpha value is -1.20. The first-order valence-corrected chi connectivity index (χ1v) is 7.96. The molecule has 20 heavy (non-hydrogen) atoms. The summed E-state index contributed by atoms with van der Waals surface area (Å²) in [6.07, 6.45) is 2.01. The molecule has 0 aliphatic rings. The maximum atomic E-state index is 13.5. The number of rotatable bonds is 5. The van der Waals surface area contributed by atoms with Crippen LogP contribution in [0.2, 0.25) is 0 Å². The number of benzene rings is 1. The van der Waals surface area contributed by atoms with E-state index in [1.807, 2.05) is 19.1 Å². The summed E-state index contributed by atoms with van der Waals surface area (Å²) in [5.74, 6) is -0.545. The summed E-state index contributed by atoms with van der Waals surface area (Å²) >= 11 is 5.08. The number of thiophene rings is 1. The van der Waals surface area contributed by atoms with Crippen molar-refractivity contribution in [3.63, 3.8) is 0 Å². The Kier molecular flexibility index (Phi) is 5.31. The molecule has 106 valence electrons. The van der Waals surface area contributed by atoms with E-state index in [4.69, 9.17) is 0 Å². The number of amides is 1. The Morgan fingerprint density at radius 2 is 2.15 bits per heavy atom. The molecule has 0 aliphatic heterocycles. The molecule has 5 heteroatoms. The van der Waals surface area contributed by atoms with Gasteiger partial charge in [-0.2, -0.15) is 0 Å². The first kappa shape index (κ1) is 15.2. The second-order valence-corrected chi connectivity index (χ2v) is 7.14. The molecule has 2 nitrogen and oxygen atoms in total. The average Bonchev–Trinajstić information content (AvgIpc) is 2.80. The van der Waals surface area contributed by atoms with E-state index in [2.05, 4.69) is 21.2 Å². The van der Waals surface area contributed by atoms with Gasteiger partial charge < -0.3 is 5.32 Å². The van der Waals surface area contributed by atoms with Crippen LogP contribution in [-0.2, 0) is 11.2 Å². The van der Waals surface area contributed by atoms with Crippen LogP contribution in [0.5, 0.6) is 0 Å². The van der Waals surface area contributed by atoms with Gasteiger partial charge in [-0.3, -0.25) is 4.79 Å². The number of aryl methyl sites for hydroxylation is 2. The highest BCUT2D eigenvalue weighted by Crippen LogP contribution is 2.23. The minimum atomic E-state index is -0.397. The van der Waals surface area contributed by atoms with Gasteiger partial charge in [0.15, 0.2) is 0 Å². The van der Waals surface area contributed by atoms with Crippen LogP contribution in [0.1, 0.15) is 23.3 Å². The highest BCUT2D eigenvalue weighted by Gasteiger charge is 2.07. The molecule has 1 aromatic carbocycles. The predicted octanol–water partition coefficient (Wildman–Crippen LogP) is 4.92. The lowest BCUT2D eigenvalue weighted by molar-refractivity contribution is -0.116. The van der Waals surface area contributed by atoms with Crippen LogP contribution in [0.4, 0.5) is 10.1 Å². The maximum Gasteiger partial charge on any atom is 0.224 e. The van der Waals surface area contributed by atoms with E-state index < -0.39 is 5.82 Å². The van der Waals surface area contributed by atoms with Crippen molar-refractivity contribution in [2.75, 3.05) is 5.32 Å². The quantitative estimate of drug-likeness (QED) is 0.810. The summed E-state index contributed by atoms with van der Waals surface area (Å²) in [4.78, 5) is 13.0. The Balaban J connectivity index is 1.82. The number of carbonyl (C=O) groups is 1. The third-order valence-corrected chi connectivity index (χ3v) is 4.54. The van der Waals surface area contributed by atoms with Gasteiger partial charge in [-0.05, 0) is 65.5 Å². The van der Waals surface area contributed by atoms with E-state index in [9.17, 15) is 9.18 Å². The van der Waals surface area contributed by atoms with Gasteiger partial charge in [0.25, 0.3) is 0 Å². The second-order valence-electron chi connectivity index (χ2n) is 4.59. The van der Waals surface area contributed by atoms with Crippen molar-refractivity contribution >= 4 is 38.9 Å². The first-order chi connectivity index (χ1) is 9.54. The highest BCUT2D eigenvalue weighted by molar-refractivity contribution is 9.11. The van der Waals surface area contributed by atoms with Crippen molar-refractivity contribution in [1.29, 1.82) is 0 Å². The van der Waals surface area contributed by atoms with Gasteiger partial charge in [-0.15, -0.1) is 11.3 Å². The molecule has 0 spiro atoms. The van der Waals surface area contributed by atoms with Crippen molar-refractivity contribution in [3.05, 3.63) is 50.4 Å². The lowest BCUT2D eigenvalue weighted by Crippen LogP contribution is -2.12. The van der Waals surface area contributed by atoms with E-state index in [-0.39, 0.29) is 11.6 Å². The van der Waals surface area contributed by atoms with Crippen LogP contribution >= 0.6 is 27.3 Å². The molecule has 0 saturated heterocycles. The van der Waals surface area contributed by atoms with Gasteiger partial charge in [-0.1, -0.05) is 6.07 Å². The predicted molar refractivity (Wildman–Crippen MR) is 84.7 cm³/mol. The summed E-state index contributed by atoms with van der Waals surface area (Å²) in [6, 6.07) is 8.74. The smallest absolute Gasteiger partial charge is 0.224 e. The van der Waals surface area contributed by atoms with E-state index in [1.165, 1.54) is 10.9 Å². The molecule has 0 bridgehead atoms. The van der Waals surface area contributed by atoms with Crippen LogP contribution in [0.3, 0.4) is 0 Å². The Labute approximate surface area is 130 Å². The van der Waals surface area contributed by atoms with E-state index in [1.54, 1.807) is 23.5 Å². The number of halogens is 2. The SMILES string of the molecule is Cc1ccc(F)c(NC(=O)CCCc2ccc(Br)s2)c1. The Morgan fingerprint density at radius 3 is 2.85 bits per heavy atom. The van der Waals surface area contributed by atoms with Crippen LogP contribution in [0.25, 0.3) is 0 Å². The number of hydrogen-bond acceptors (Lipinski definition) is 2. The average molecular weight is 356 g/mol. The zero-order chi connectivity index (χ0) is 14.5. The fourth-order valence-corrected chi connectivity index (χ4v) is 3.38. The molecule has 1 N–H and O–H groups in total. The molecule has 0 aliphatic carbocycles. The van der Waals surface area contributed by atoms with E-state index in [0.717, 1.165) is 22.2 Å². The molecule has 2 rings (SSSR count). The number of nitrogens with one attached hydrogen (secondary N) is 1. The molecule has 1 amide bonds. The van der Waals surface area contributed by atoms with Gasteiger partial charge in [0, 0.05) is 11.3 Å². The van der Waals surface area contributed by atoms with Crippen molar-refractivity contribution in [3.8, 4) is 0 Å². The number of hydrogen-bond donors (Lipinski definition) is 1. The first-order valence-electron chi connectivity index (χ1n) is 6.35. The van der Waals surface area contributed by atoms with Crippen LogP contribution < -0.4 is 5.32 Å². The molecule has 0 fully saturated rings. The zero-order valence-corrected chi connectivity index (χ0v) is 13.5. The fraction of sp³-hybridized carbons (Fsp3) is 0.267. The van der Waals surface area contributed by atoms with E-state index in [0.29, 0.717) is 6.42 Å². The molecular formula is C15H15BrFNOS. The largest absolute Gasteiger partial charge is 0.324 e. The molecule has 0 unspecified atom stereocenters. The lowest BCUT2D eigenvalue weighted by atomic mass is 10.2. The van der Waals surface area contributed by atoms with Crippen LogP contribution in [0.15, 0.2) is 34.1 Å². The van der Waals surface area contributed by atoms with Gasteiger partial charge in [0.05, 0.1) is 9.47 Å². The molecule has 0 saturated carbocycles. The minimum Gasteiger partial charge on any atom is -0.324 e. The van der Waals surface area contributed by atoms with Crippen molar-refractivity contribution in [1.82, 2.24) is 0 Å². The van der Waals surface area contributed by atoms with Crippen LogP contribution in [0, 0.1) is 12.7 Å². The summed E-state index contributed by atoms with van der Waals surface area (Å²) in [5, 5.41) is 2.62. The number of carbonyl (C=O) groups excluding carboxylic acids is 1. The number of anilines is 1. The molecule has 2 aromatic rings. The zero-order valence-electron chi connectivity index (χ0n) is 11.1. The maximum absolute atomic E-state index is 13.5. The van der Waals surface area contributed by atoms with Gasteiger partial charge in [-0.25, -0.2) is 4.39 Å². The summed E-state index contributed by atoms with van der Waals surface area (Å²) in [6.45, 7) is 1.86. The summed E-state index contributed by atoms with van der Waals surface area (Å²) < 4.78 is 14.6. The van der Waals surface area contributed by atoms with Gasteiger partial charge in [0.2, 0.25) is 5.91 Å². The van der Waals surface area contributed by atoms with Crippen molar-refractivity contribution in [2.45, 2.75) is 26.2 Å². The Morgan fingerprint density at radius 1 is 1.35 bits per heavy atom. The summed E-state index contributed by atoms with van der Waals surface area (Å²) in [5.41, 5.74) is 1.18.